The summed E-state index contributed by atoms with van der Waals surface area (Å²) in [6.07, 6.45) is 0. The van der Waals surface area contributed by atoms with Crippen molar-refractivity contribution >= 4 is 11.3 Å². The molecule has 0 radical (unpaired) electrons. The van der Waals surface area contributed by atoms with Gasteiger partial charge in [-0.05, 0) is 29.7 Å². The van der Waals surface area contributed by atoms with Gasteiger partial charge >= 0.3 is 0 Å². The van der Waals surface area contributed by atoms with Gasteiger partial charge < -0.3 is 5.32 Å². The molecule has 0 unspecified atom stereocenters. The minimum Gasteiger partial charge on any atom is -0.380 e. The van der Waals surface area contributed by atoms with Crippen molar-refractivity contribution in [1.29, 1.82) is 0 Å². The third kappa shape index (κ3) is 2.97. The summed E-state index contributed by atoms with van der Waals surface area (Å²) < 4.78 is 0. The second-order valence-corrected chi connectivity index (χ2v) is 4.17. The number of anilines is 1. The average Bonchev–Trinajstić information content (AvgIpc) is 2.38. The van der Waals surface area contributed by atoms with Crippen molar-refractivity contribution in [2.75, 3.05) is 5.32 Å². The lowest BCUT2D eigenvalue weighted by molar-refractivity contribution is 1.15. The molecular formula is C16H17N. The van der Waals surface area contributed by atoms with Crippen LogP contribution >= 0.6 is 0 Å². The van der Waals surface area contributed by atoms with E-state index >= 15 is 0 Å². The van der Waals surface area contributed by atoms with Gasteiger partial charge in [-0.3, -0.25) is 0 Å². The molecular weight excluding hydrogens is 206 g/mol. The Balaban J connectivity index is 2.12. The molecule has 0 bridgehead atoms. The van der Waals surface area contributed by atoms with Crippen molar-refractivity contribution in [3.8, 4) is 0 Å². The highest BCUT2D eigenvalue weighted by Crippen LogP contribution is 2.22. The van der Waals surface area contributed by atoms with E-state index in [2.05, 4.69) is 48.3 Å². The summed E-state index contributed by atoms with van der Waals surface area (Å²) in [6.45, 7) is 6.87. The van der Waals surface area contributed by atoms with Gasteiger partial charge in [-0.2, -0.15) is 0 Å². The van der Waals surface area contributed by atoms with E-state index in [0.29, 0.717) is 0 Å². The molecule has 17 heavy (non-hydrogen) atoms. The maximum absolute atomic E-state index is 4.00. The van der Waals surface area contributed by atoms with E-state index in [1.54, 1.807) is 0 Å². The fourth-order valence-electron chi connectivity index (χ4n) is 1.80. The van der Waals surface area contributed by atoms with Gasteiger partial charge in [0.2, 0.25) is 0 Å². The molecule has 0 atom stereocenters. The standard InChI is InChI=1S/C16H17N/c1-13(2)15-10-6-7-11-16(15)17-12-14-8-4-3-5-9-14/h3-11,17H,1,12H2,2H3. The van der Waals surface area contributed by atoms with Crippen LogP contribution in [0.1, 0.15) is 18.1 Å². The predicted molar refractivity (Wildman–Crippen MR) is 74.9 cm³/mol. The summed E-state index contributed by atoms with van der Waals surface area (Å²) in [5, 5.41) is 3.45. The summed E-state index contributed by atoms with van der Waals surface area (Å²) in [5.74, 6) is 0. The largest absolute Gasteiger partial charge is 0.380 e. The minimum absolute atomic E-state index is 0.838. The van der Waals surface area contributed by atoms with Gasteiger partial charge in [-0.25, -0.2) is 0 Å². The Hall–Kier alpha value is -2.02. The SMILES string of the molecule is C=C(C)c1ccccc1NCc1ccccc1. The lowest BCUT2D eigenvalue weighted by Crippen LogP contribution is -2.01. The van der Waals surface area contributed by atoms with E-state index in [0.717, 1.165) is 17.8 Å². The van der Waals surface area contributed by atoms with Crippen molar-refractivity contribution in [2.45, 2.75) is 13.5 Å². The first-order valence-electron chi connectivity index (χ1n) is 5.80. The number of hydrogen-bond acceptors (Lipinski definition) is 1. The molecule has 0 aliphatic rings. The van der Waals surface area contributed by atoms with Gasteiger partial charge in [0.15, 0.2) is 0 Å². The molecule has 1 nitrogen and oxygen atoms in total. The van der Waals surface area contributed by atoms with Crippen LogP contribution in [-0.2, 0) is 6.54 Å². The molecule has 2 aromatic carbocycles. The maximum atomic E-state index is 4.00. The van der Waals surface area contributed by atoms with Crippen LogP contribution in [0.5, 0.6) is 0 Å². The second-order valence-electron chi connectivity index (χ2n) is 4.17. The van der Waals surface area contributed by atoms with Crippen molar-refractivity contribution in [1.82, 2.24) is 0 Å². The van der Waals surface area contributed by atoms with Gasteiger partial charge in [0.25, 0.3) is 0 Å². The molecule has 2 rings (SSSR count). The Morgan fingerprint density at radius 3 is 2.35 bits per heavy atom. The van der Waals surface area contributed by atoms with Crippen molar-refractivity contribution < 1.29 is 0 Å². The van der Waals surface area contributed by atoms with Gasteiger partial charge in [-0.1, -0.05) is 55.1 Å². The lowest BCUT2D eigenvalue weighted by atomic mass is 10.1. The first kappa shape index (κ1) is 11.5. The minimum atomic E-state index is 0.838. The lowest BCUT2D eigenvalue weighted by Gasteiger charge is -2.11. The summed E-state index contributed by atoms with van der Waals surface area (Å²) in [4.78, 5) is 0. The van der Waals surface area contributed by atoms with Crippen LogP contribution in [-0.4, -0.2) is 0 Å². The highest BCUT2D eigenvalue weighted by molar-refractivity contribution is 5.73. The third-order valence-corrected chi connectivity index (χ3v) is 2.71. The summed E-state index contributed by atoms with van der Waals surface area (Å²) in [7, 11) is 0. The molecule has 0 amide bonds. The van der Waals surface area contributed by atoms with Crippen LogP contribution in [0, 0.1) is 0 Å². The van der Waals surface area contributed by atoms with E-state index in [1.807, 2.05) is 25.1 Å². The number of allylic oxidation sites excluding steroid dienone is 1. The number of benzene rings is 2. The first-order chi connectivity index (χ1) is 8.27. The predicted octanol–water partition coefficient (Wildman–Crippen LogP) is 4.33. The monoisotopic (exact) mass is 223 g/mol. The van der Waals surface area contributed by atoms with E-state index in [-0.39, 0.29) is 0 Å². The van der Waals surface area contributed by atoms with E-state index < -0.39 is 0 Å². The molecule has 0 aromatic heterocycles. The van der Waals surface area contributed by atoms with E-state index in [9.17, 15) is 0 Å². The van der Waals surface area contributed by atoms with E-state index in [4.69, 9.17) is 0 Å². The van der Waals surface area contributed by atoms with Crippen LogP contribution < -0.4 is 5.32 Å². The third-order valence-electron chi connectivity index (χ3n) is 2.71. The quantitative estimate of drug-likeness (QED) is 0.813. The molecule has 1 N–H and O–H groups in total. The van der Waals surface area contributed by atoms with Crippen LogP contribution in [0.4, 0.5) is 5.69 Å². The van der Waals surface area contributed by atoms with Crippen molar-refractivity contribution in [3.63, 3.8) is 0 Å². The average molecular weight is 223 g/mol. The molecule has 0 aliphatic carbocycles. The molecule has 0 heterocycles. The zero-order valence-electron chi connectivity index (χ0n) is 10.1. The summed E-state index contributed by atoms with van der Waals surface area (Å²) >= 11 is 0. The van der Waals surface area contributed by atoms with E-state index in [1.165, 1.54) is 11.1 Å². The number of hydrogen-bond donors (Lipinski definition) is 1. The van der Waals surface area contributed by atoms with Gasteiger partial charge in [0, 0.05) is 12.2 Å². The van der Waals surface area contributed by atoms with Gasteiger partial charge in [0.1, 0.15) is 0 Å². The number of rotatable bonds is 4. The van der Waals surface area contributed by atoms with Crippen LogP contribution in [0.2, 0.25) is 0 Å². The smallest absolute Gasteiger partial charge is 0.0418 e. The Bertz CT molecular complexity index is 500. The first-order valence-corrected chi connectivity index (χ1v) is 5.80. The second kappa shape index (κ2) is 5.35. The fourth-order valence-corrected chi connectivity index (χ4v) is 1.80. The Kier molecular flexibility index (Phi) is 3.61. The Morgan fingerprint density at radius 1 is 1.00 bits per heavy atom. The summed E-state index contributed by atoms with van der Waals surface area (Å²) in [5.41, 5.74) is 4.69. The molecule has 0 fully saturated rings. The molecule has 86 valence electrons. The Morgan fingerprint density at radius 2 is 1.65 bits per heavy atom. The van der Waals surface area contributed by atoms with Gasteiger partial charge in [0.05, 0.1) is 0 Å². The topological polar surface area (TPSA) is 12.0 Å². The highest BCUT2D eigenvalue weighted by Gasteiger charge is 2.01. The molecule has 0 spiro atoms. The normalized spacial score (nSPS) is 9.94. The summed E-state index contributed by atoms with van der Waals surface area (Å²) in [6, 6.07) is 18.7. The molecule has 1 heteroatoms. The molecule has 0 aliphatic heterocycles. The molecule has 0 saturated heterocycles. The number of nitrogens with one attached hydrogen (secondary N) is 1. The molecule has 0 saturated carbocycles. The van der Waals surface area contributed by atoms with Crippen LogP contribution in [0.3, 0.4) is 0 Å². The fraction of sp³-hybridized carbons (Fsp3) is 0.125. The van der Waals surface area contributed by atoms with Crippen LogP contribution in [0.15, 0.2) is 61.2 Å². The molecule has 2 aromatic rings. The number of para-hydroxylation sites is 1. The van der Waals surface area contributed by atoms with Crippen LogP contribution in [0.25, 0.3) is 5.57 Å². The Labute approximate surface area is 103 Å². The highest BCUT2D eigenvalue weighted by atomic mass is 14.9. The van der Waals surface area contributed by atoms with Crippen molar-refractivity contribution in [2.24, 2.45) is 0 Å². The maximum Gasteiger partial charge on any atom is 0.0418 e. The van der Waals surface area contributed by atoms with Gasteiger partial charge in [-0.15, -0.1) is 0 Å². The zero-order valence-corrected chi connectivity index (χ0v) is 10.1. The van der Waals surface area contributed by atoms with Crippen molar-refractivity contribution in [3.05, 3.63) is 72.3 Å². The zero-order chi connectivity index (χ0) is 12.1.